The fourth-order valence-corrected chi connectivity index (χ4v) is 3.34. The summed E-state index contributed by atoms with van der Waals surface area (Å²) in [7, 11) is 0. The van der Waals surface area contributed by atoms with Crippen LogP contribution in [0.15, 0.2) is 36.7 Å². The van der Waals surface area contributed by atoms with E-state index in [1.807, 2.05) is 23.0 Å². The number of aryl methyl sites for hydroxylation is 2. The lowest BCUT2D eigenvalue weighted by atomic mass is 10.1. The van der Waals surface area contributed by atoms with Crippen molar-refractivity contribution in [3.05, 3.63) is 47.8 Å². The SMILES string of the molecule is CCCn1cc(NC(=O)N(CCO)C2CCc3ccccc32)cn1. The minimum Gasteiger partial charge on any atom is -0.395 e. The molecule has 3 rings (SSSR count). The third kappa shape index (κ3) is 3.43. The number of carbonyl (C=O) groups excluding carboxylic acids is 1. The molecule has 0 bridgehead atoms. The fourth-order valence-electron chi connectivity index (χ4n) is 3.34. The number of rotatable bonds is 6. The Hall–Kier alpha value is -2.34. The Balaban J connectivity index is 1.74. The molecule has 6 nitrogen and oxygen atoms in total. The van der Waals surface area contributed by atoms with Gasteiger partial charge in [-0.1, -0.05) is 31.2 Å². The third-order valence-electron chi connectivity index (χ3n) is 4.42. The Morgan fingerprint density at radius 1 is 1.46 bits per heavy atom. The van der Waals surface area contributed by atoms with Crippen LogP contribution in [0.4, 0.5) is 10.5 Å². The summed E-state index contributed by atoms with van der Waals surface area (Å²) in [6.45, 7) is 3.17. The van der Waals surface area contributed by atoms with E-state index in [9.17, 15) is 9.90 Å². The van der Waals surface area contributed by atoms with Crippen molar-refractivity contribution in [3.63, 3.8) is 0 Å². The summed E-state index contributed by atoms with van der Waals surface area (Å²) in [6, 6.07) is 8.03. The maximum atomic E-state index is 12.7. The molecule has 1 unspecified atom stereocenters. The van der Waals surface area contributed by atoms with E-state index < -0.39 is 0 Å². The lowest BCUT2D eigenvalue weighted by molar-refractivity contribution is 0.162. The first-order valence-electron chi connectivity index (χ1n) is 8.51. The minimum atomic E-state index is -0.193. The number of aliphatic hydroxyl groups is 1. The second-order valence-electron chi connectivity index (χ2n) is 6.09. The van der Waals surface area contributed by atoms with Gasteiger partial charge in [0.05, 0.1) is 24.5 Å². The summed E-state index contributed by atoms with van der Waals surface area (Å²) < 4.78 is 1.82. The van der Waals surface area contributed by atoms with Gasteiger partial charge in [-0.25, -0.2) is 4.79 Å². The number of carbonyl (C=O) groups is 1. The van der Waals surface area contributed by atoms with Gasteiger partial charge in [-0.2, -0.15) is 5.10 Å². The molecule has 2 N–H and O–H groups in total. The Labute approximate surface area is 142 Å². The molecule has 1 heterocycles. The zero-order chi connectivity index (χ0) is 16.9. The summed E-state index contributed by atoms with van der Waals surface area (Å²) in [6.07, 6.45) is 6.34. The maximum Gasteiger partial charge on any atom is 0.322 e. The van der Waals surface area contributed by atoms with E-state index in [-0.39, 0.29) is 18.7 Å². The number of amides is 2. The number of nitrogens with zero attached hydrogens (tertiary/aromatic N) is 3. The molecular weight excluding hydrogens is 304 g/mol. The number of urea groups is 1. The molecule has 0 fully saturated rings. The van der Waals surface area contributed by atoms with Crippen molar-refractivity contribution < 1.29 is 9.90 Å². The highest BCUT2D eigenvalue weighted by Crippen LogP contribution is 2.35. The van der Waals surface area contributed by atoms with E-state index in [1.165, 1.54) is 11.1 Å². The second kappa shape index (κ2) is 7.49. The first-order chi connectivity index (χ1) is 11.7. The zero-order valence-electron chi connectivity index (χ0n) is 14.0. The number of benzene rings is 1. The van der Waals surface area contributed by atoms with Crippen LogP contribution in [-0.4, -0.2) is 39.0 Å². The Kier molecular flexibility index (Phi) is 5.15. The molecule has 2 amide bonds. The second-order valence-corrected chi connectivity index (χ2v) is 6.09. The van der Waals surface area contributed by atoms with Gasteiger partial charge in [0.2, 0.25) is 0 Å². The zero-order valence-corrected chi connectivity index (χ0v) is 14.0. The van der Waals surface area contributed by atoms with E-state index in [4.69, 9.17) is 0 Å². The quantitative estimate of drug-likeness (QED) is 0.856. The van der Waals surface area contributed by atoms with Crippen LogP contribution in [0.1, 0.15) is 36.9 Å². The van der Waals surface area contributed by atoms with Crippen LogP contribution in [-0.2, 0) is 13.0 Å². The number of hydrogen-bond donors (Lipinski definition) is 2. The lowest BCUT2D eigenvalue weighted by Crippen LogP contribution is -2.39. The molecule has 1 atom stereocenters. The van der Waals surface area contributed by atoms with Gasteiger partial charge >= 0.3 is 6.03 Å². The van der Waals surface area contributed by atoms with E-state index in [0.29, 0.717) is 12.2 Å². The highest BCUT2D eigenvalue weighted by Gasteiger charge is 2.30. The van der Waals surface area contributed by atoms with E-state index >= 15 is 0 Å². The highest BCUT2D eigenvalue weighted by atomic mass is 16.3. The number of hydrogen-bond acceptors (Lipinski definition) is 3. The molecule has 1 aliphatic rings. The van der Waals surface area contributed by atoms with Crippen LogP contribution in [0.25, 0.3) is 0 Å². The molecule has 0 saturated heterocycles. The van der Waals surface area contributed by atoms with E-state index in [0.717, 1.165) is 25.8 Å². The highest BCUT2D eigenvalue weighted by molar-refractivity contribution is 5.89. The molecule has 0 radical (unpaired) electrons. The van der Waals surface area contributed by atoms with Gasteiger partial charge in [-0.05, 0) is 30.4 Å². The lowest BCUT2D eigenvalue weighted by Gasteiger charge is -2.29. The first kappa shape index (κ1) is 16.5. The normalized spacial score (nSPS) is 16.0. The smallest absolute Gasteiger partial charge is 0.322 e. The average molecular weight is 328 g/mol. The summed E-state index contributed by atoms with van der Waals surface area (Å²) in [5, 5.41) is 16.5. The van der Waals surface area contributed by atoms with Crippen LogP contribution >= 0.6 is 0 Å². The van der Waals surface area contributed by atoms with Crippen molar-refractivity contribution in [2.24, 2.45) is 0 Å². The minimum absolute atomic E-state index is 0.0130. The Morgan fingerprint density at radius 2 is 2.29 bits per heavy atom. The molecule has 1 aliphatic carbocycles. The molecule has 0 aliphatic heterocycles. The van der Waals surface area contributed by atoms with Gasteiger partial charge in [0, 0.05) is 19.3 Å². The largest absolute Gasteiger partial charge is 0.395 e. The molecule has 2 aromatic rings. The van der Waals surface area contributed by atoms with Gasteiger partial charge in [-0.15, -0.1) is 0 Å². The number of aromatic nitrogens is 2. The van der Waals surface area contributed by atoms with Gasteiger partial charge in [0.25, 0.3) is 0 Å². The fraction of sp³-hybridized carbons (Fsp3) is 0.444. The number of nitrogens with one attached hydrogen (secondary N) is 1. The molecule has 1 aromatic carbocycles. The van der Waals surface area contributed by atoms with Crippen LogP contribution in [0, 0.1) is 0 Å². The maximum absolute atomic E-state index is 12.7. The number of fused-ring (bicyclic) bond motifs is 1. The van der Waals surface area contributed by atoms with Crippen molar-refractivity contribution in [2.45, 2.75) is 38.8 Å². The molecular formula is C18H24N4O2. The van der Waals surface area contributed by atoms with E-state index in [2.05, 4.69) is 29.5 Å². The molecule has 0 saturated carbocycles. The molecule has 6 heteroatoms. The van der Waals surface area contributed by atoms with Crippen molar-refractivity contribution in [2.75, 3.05) is 18.5 Å². The molecule has 128 valence electrons. The molecule has 24 heavy (non-hydrogen) atoms. The van der Waals surface area contributed by atoms with Crippen LogP contribution in [0.5, 0.6) is 0 Å². The molecule has 1 aromatic heterocycles. The van der Waals surface area contributed by atoms with Gasteiger partial charge in [-0.3, -0.25) is 4.68 Å². The predicted molar refractivity (Wildman–Crippen MR) is 92.8 cm³/mol. The van der Waals surface area contributed by atoms with Crippen LogP contribution in [0.3, 0.4) is 0 Å². The third-order valence-corrected chi connectivity index (χ3v) is 4.42. The van der Waals surface area contributed by atoms with Crippen molar-refractivity contribution >= 4 is 11.7 Å². The van der Waals surface area contributed by atoms with Gasteiger partial charge in [0.15, 0.2) is 0 Å². The summed E-state index contributed by atoms with van der Waals surface area (Å²) in [4.78, 5) is 14.5. The summed E-state index contributed by atoms with van der Waals surface area (Å²) >= 11 is 0. The van der Waals surface area contributed by atoms with Crippen LogP contribution < -0.4 is 5.32 Å². The van der Waals surface area contributed by atoms with E-state index in [1.54, 1.807) is 11.1 Å². The number of anilines is 1. The topological polar surface area (TPSA) is 70.4 Å². The van der Waals surface area contributed by atoms with Gasteiger partial charge in [0.1, 0.15) is 0 Å². The number of aliphatic hydroxyl groups excluding tert-OH is 1. The summed E-state index contributed by atoms with van der Waals surface area (Å²) in [5.41, 5.74) is 3.15. The Bertz CT molecular complexity index is 698. The van der Waals surface area contributed by atoms with Crippen LogP contribution in [0.2, 0.25) is 0 Å². The van der Waals surface area contributed by atoms with Crippen molar-refractivity contribution in [1.82, 2.24) is 14.7 Å². The predicted octanol–water partition coefficient (Wildman–Crippen LogP) is 2.81. The van der Waals surface area contributed by atoms with Crippen molar-refractivity contribution in [3.8, 4) is 0 Å². The standard InChI is InChI=1S/C18H24N4O2/c1-2-9-21-13-15(12-19-21)20-18(24)22(10-11-23)17-8-7-14-5-3-4-6-16(14)17/h3-6,12-13,17,23H,2,7-11H2,1H3,(H,20,24). The summed E-state index contributed by atoms with van der Waals surface area (Å²) in [5.74, 6) is 0. The Morgan fingerprint density at radius 3 is 3.08 bits per heavy atom. The van der Waals surface area contributed by atoms with Gasteiger partial charge < -0.3 is 15.3 Å². The van der Waals surface area contributed by atoms with Crippen molar-refractivity contribution in [1.29, 1.82) is 0 Å². The monoisotopic (exact) mass is 328 g/mol. The first-order valence-corrected chi connectivity index (χ1v) is 8.51. The molecule has 0 spiro atoms. The average Bonchev–Trinajstić information content (AvgIpc) is 3.20.